The van der Waals surface area contributed by atoms with Gasteiger partial charge in [0, 0.05) is 17.2 Å². The molecule has 0 saturated carbocycles. The van der Waals surface area contributed by atoms with E-state index in [1.165, 1.54) is 0 Å². The molecule has 1 aliphatic heterocycles. The monoisotopic (exact) mass is 328 g/mol. The Labute approximate surface area is 120 Å². The fourth-order valence-electron chi connectivity index (χ4n) is 2.26. The molecule has 1 fully saturated rings. The number of morpholine rings is 1. The van der Waals surface area contributed by atoms with E-state index in [-0.39, 0.29) is 17.7 Å². The lowest BCUT2D eigenvalue weighted by Crippen LogP contribution is -2.49. The van der Waals surface area contributed by atoms with Crippen LogP contribution in [0.15, 0.2) is 16.7 Å². The smallest absolute Gasteiger partial charge is 0.339 e. The average Bonchev–Trinajstić information content (AvgIpc) is 2.38. The molecule has 0 aromatic carbocycles. The zero-order chi connectivity index (χ0) is 14.0. The van der Waals surface area contributed by atoms with Gasteiger partial charge in [0.05, 0.1) is 18.8 Å². The Balaban J connectivity index is 2.40. The number of nitrogens with zero attached hydrogens (tertiary/aromatic N) is 2. The van der Waals surface area contributed by atoms with E-state index in [0.29, 0.717) is 23.4 Å². The lowest BCUT2D eigenvalue weighted by molar-refractivity contribution is 0.0294. The second-order valence-corrected chi connectivity index (χ2v) is 5.60. The molecule has 1 aromatic heterocycles. The predicted molar refractivity (Wildman–Crippen MR) is 75.7 cm³/mol. The molecular weight excluding hydrogens is 312 g/mol. The van der Waals surface area contributed by atoms with Crippen LogP contribution in [0.2, 0.25) is 0 Å². The molecule has 1 aromatic rings. The number of rotatable bonds is 3. The van der Waals surface area contributed by atoms with Crippen LogP contribution >= 0.6 is 15.9 Å². The van der Waals surface area contributed by atoms with Crippen molar-refractivity contribution >= 4 is 27.7 Å². The van der Waals surface area contributed by atoms with Crippen molar-refractivity contribution in [3.05, 3.63) is 22.3 Å². The van der Waals surface area contributed by atoms with Crippen molar-refractivity contribution in [1.82, 2.24) is 4.98 Å². The van der Waals surface area contributed by atoms with Crippen molar-refractivity contribution in [2.45, 2.75) is 32.4 Å². The fraction of sp³-hybridized carbons (Fsp3) is 0.538. The van der Waals surface area contributed by atoms with Gasteiger partial charge in [0.25, 0.3) is 0 Å². The van der Waals surface area contributed by atoms with Crippen molar-refractivity contribution in [1.29, 1.82) is 0 Å². The van der Waals surface area contributed by atoms with Gasteiger partial charge in [0.1, 0.15) is 11.4 Å². The third kappa shape index (κ3) is 3.06. The van der Waals surface area contributed by atoms with Gasteiger partial charge in [-0.05, 0) is 35.3 Å². The van der Waals surface area contributed by atoms with Gasteiger partial charge < -0.3 is 14.7 Å². The SMILES string of the molecule is CCC1COC(C)CN1c1ncc(Br)cc1C(=O)O. The molecule has 0 spiro atoms. The van der Waals surface area contributed by atoms with Crippen LogP contribution in [0.1, 0.15) is 30.6 Å². The van der Waals surface area contributed by atoms with Crippen LogP contribution in [0.5, 0.6) is 0 Å². The van der Waals surface area contributed by atoms with E-state index in [1.54, 1.807) is 12.3 Å². The van der Waals surface area contributed by atoms with Crippen LogP contribution in [-0.2, 0) is 4.74 Å². The fourth-order valence-corrected chi connectivity index (χ4v) is 2.59. The third-order valence-corrected chi connectivity index (χ3v) is 3.71. The quantitative estimate of drug-likeness (QED) is 0.923. The van der Waals surface area contributed by atoms with Gasteiger partial charge in [0.2, 0.25) is 0 Å². The maximum atomic E-state index is 11.4. The van der Waals surface area contributed by atoms with Gasteiger partial charge in [-0.1, -0.05) is 6.92 Å². The van der Waals surface area contributed by atoms with Gasteiger partial charge in [-0.2, -0.15) is 0 Å². The normalized spacial score (nSPS) is 23.4. The molecule has 104 valence electrons. The number of aromatic nitrogens is 1. The minimum atomic E-state index is -0.960. The maximum absolute atomic E-state index is 11.4. The first kappa shape index (κ1) is 14.3. The molecule has 0 amide bonds. The Hall–Kier alpha value is -1.14. The number of pyridine rings is 1. The van der Waals surface area contributed by atoms with Crippen molar-refractivity contribution in [3.63, 3.8) is 0 Å². The first-order valence-corrected chi connectivity index (χ1v) is 7.09. The van der Waals surface area contributed by atoms with Crippen LogP contribution in [0.4, 0.5) is 5.82 Å². The summed E-state index contributed by atoms with van der Waals surface area (Å²) in [6.45, 7) is 5.32. The van der Waals surface area contributed by atoms with Crippen LogP contribution in [0.3, 0.4) is 0 Å². The van der Waals surface area contributed by atoms with Crippen LogP contribution in [-0.4, -0.2) is 41.4 Å². The van der Waals surface area contributed by atoms with Crippen molar-refractivity contribution < 1.29 is 14.6 Å². The second kappa shape index (κ2) is 5.88. The number of anilines is 1. The maximum Gasteiger partial charge on any atom is 0.339 e. The lowest BCUT2D eigenvalue weighted by atomic mass is 10.1. The molecule has 1 saturated heterocycles. The number of halogens is 1. The number of aromatic carboxylic acids is 1. The highest BCUT2D eigenvalue weighted by molar-refractivity contribution is 9.10. The van der Waals surface area contributed by atoms with Crippen molar-refractivity contribution in [3.8, 4) is 0 Å². The summed E-state index contributed by atoms with van der Waals surface area (Å²) in [7, 11) is 0. The molecular formula is C13H17BrN2O3. The Morgan fingerprint density at radius 1 is 1.68 bits per heavy atom. The molecule has 2 rings (SSSR count). The van der Waals surface area contributed by atoms with E-state index < -0.39 is 5.97 Å². The summed E-state index contributed by atoms with van der Waals surface area (Å²) in [5.74, 6) is -0.435. The molecule has 2 atom stereocenters. The minimum absolute atomic E-state index is 0.0786. The van der Waals surface area contributed by atoms with Crippen LogP contribution < -0.4 is 4.90 Å². The van der Waals surface area contributed by atoms with E-state index in [4.69, 9.17) is 4.74 Å². The molecule has 1 aliphatic rings. The molecule has 6 heteroatoms. The van der Waals surface area contributed by atoms with Gasteiger partial charge in [-0.25, -0.2) is 9.78 Å². The summed E-state index contributed by atoms with van der Waals surface area (Å²) < 4.78 is 6.30. The largest absolute Gasteiger partial charge is 0.478 e. The average molecular weight is 329 g/mol. The number of carbonyl (C=O) groups is 1. The molecule has 0 radical (unpaired) electrons. The minimum Gasteiger partial charge on any atom is -0.478 e. The van der Waals surface area contributed by atoms with Crippen molar-refractivity contribution in [2.75, 3.05) is 18.1 Å². The van der Waals surface area contributed by atoms with E-state index in [0.717, 1.165) is 6.42 Å². The van der Waals surface area contributed by atoms with Crippen molar-refractivity contribution in [2.24, 2.45) is 0 Å². The third-order valence-electron chi connectivity index (χ3n) is 3.27. The van der Waals surface area contributed by atoms with E-state index >= 15 is 0 Å². The van der Waals surface area contributed by atoms with Gasteiger partial charge in [0.15, 0.2) is 0 Å². The first-order valence-electron chi connectivity index (χ1n) is 6.30. The lowest BCUT2D eigenvalue weighted by Gasteiger charge is -2.39. The molecule has 0 aliphatic carbocycles. The Morgan fingerprint density at radius 3 is 3.05 bits per heavy atom. The van der Waals surface area contributed by atoms with E-state index in [2.05, 4.69) is 27.8 Å². The zero-order valence-corrected chi connectivity index (χ0v) is 12.6. The standard InChI is InChI=1S/C13H17BrN2O3/c1-3-10-7-19-8(2)6-16(10)12-11(13(17)18)4-9(14)5-15-12/h4-5,8,10H,3,6-7H2,1-2H3,(H,17,18). The van der Waals surface area contributed by atoms with Gasteiger partial charge in [-0.15, -0.1) is 0 Å². The zero-order valence-electron chi connectivity index (χ0n) is 11.0. The molecule has 2 unspecified atom stereocenters. The Bertz CT molecular complexity index is 481. The van der Waals surface area contributed by atoms with Gasteiger partial charge >= 0.3 is 5.97 Å². The summed E-state index contributed by atoms with van der Waals surface area (Å²) in [5, 5.41) is 9.33. The summed E-state index contributed by atoms with van der Waals surface area (Å²) >= 11 is 3.26. The molecule has 0 bridgehead atoms. The van der Waals surface area contributed by atoms with Gasteiger partial charge in [-0.3, -0.25) is 0 Å². The molecule has 19 heavy (non-hydrogen) atoms. The summed E-state index contributed by atoms with van der Waals surface area (Å²) in [6.07, 6.45) is 2.60. The Morgan fingerprint density at radius 2 is 2.42 bits per heavy atom. The highest BCUT2D eigenvalue weighted by atomic mass is 79.9. The number of carboxylic acid groups (broad SMARTS) is 1. The van der Waals surface area contributed by atoms with Crippen LogP contribution in [0, 0.1) is 0 Å². The topological polar surface area (TPSA) is 62.7 Å². The summed E-state index contributed by atoms with van der Waals surface area (Å²) in [5.41, 5.74) is 0.224. The molecule has 5 nitrogen and oxygen atoms in total. The highest BCUT2D eigenvalue weighted by Gasteiger charge is 2.29. The number of ether oxygens (including phenoxy) is 1. The Kier molecular flexibility index (Phi) is 4.42. The number of hydrogen-bond acceptors (Lipinski definition) is 4. The van der Waals surface area contributed by atoms with E-state index in [9.17, 15) is 9.90 Å². The summed E-state index contributed by atoms with van der Waals surface area (Å²) in [6, 6.07) is 1.76. The summed E-state index contributed by atoms with van der Waals surface area (Å²) in [4.78, 5) is 17.7. The van der Waals surface area contributed by atoms with E-state index in [1.807, 2.05) is 11.8 Å². The predicted octanol–water partition coefficient (Wildman–Crippen LogP) is 2.55. The highest BCUT2D eigenvalue weighted by Crippen LogP contribution is 2.27. The first-order chi connectivity index (χ1) is 9.02. The number of carboxylic acids is 1. The molecule has 1 N–H and O–H groups in total. The second-order valence-electron chi connectivity index (χ2n) is 4.69. The number of hydrogen-bond donors (Lipinski definition) is 1. The molecule has 2 heterocycles. The van der Waals surface area contributed by atoms with Crippen LogP contribution in [0.25, 0.3) is 0 Å².